The highest BCUT2D eigenvalue weighted by Gasteiger charge is 2.36. The SMILES string of the molecule is CC12C=CC=CC1C=CC=C2c1ccc(N(c2ccc(-c3ccc4c(ccc5oc6ccccc6c54)c3)cc2)c2ccc3c(c2)oc2ccccc23)cc1. The van der Waals surface area contributed by atoms with Crippen molar-refractivity contribution in [2.75, 3.05) is 4.90 Å². The van der Waals surface area contributed by atoms with Crippen LogP contribution in [0, 0.1) is 11.3 Å². The van der Waals surface area contributed by atoms with Gasteiger partial charge in [0.1, 0.15) is 22.3 Å². The number of nitrogens with zero attached hydrogens (tertiary/aromatic N) is 1. The fourth-order valence-electron chi connectivity index (χ4n) is 8.77. The minimum Gasteiger partial charge on any atom is -0.456 e. The Morgan fingerprint density at radius 2 is 1.11 bits per heavy atom. The molecule has 2 aliphatic carbocycles. The Hall–Kier alpha value is -6.84. The highest BCUT2D eigenvalue weighted by atomic mass is 16.3. The van der Waals surface area contributed by atoms with Crippen LogP contribution < -0.4 is 4.90 Å². The molecule has 11 rings (SSSR count). The fourth-order valence-corrected chi connectivity index (χ4v) is 8.77. The van der Waals surface area contributed by atoms with Gasteiger partial charge in [0.25, 0.3) is 0 Å². The number of rotatable bonds is 5. The predicted molar refractivity (Wildman–Crippen MR) is 226 cm³/mol. The van der Waals surface area contributed by atoms with E-state index in [1.165, 1.54) is 32.9 Å². The molecule has 0 spiro atoms. The van der Waals surface area contributed by atoms with E-state index in [0.717, 1.165) is 61.1 Å². The first-order chi connectivity index (χ1) is 26.6. The number of fused-ring (bicyclic) bond motifs is 9. The van der Waals surface area contributed by atoms with Crippen LogP contribution in [0.4, 0.5) is 17.1 Å². The summed E-state index contributed by atoms with van der Waals surface area (Å²) in [7, 11) is 0. The summed E-state index contributed by atoms with van der Waals surface area (Å²) >= 11 is 0. The standard InChI is InChI=1S/C51H35NO2/c1-51-30-7-6-9-37(51)10-8-13-45(51)34-18-24-39(25-19-34)52(40-26-28-43-42-11-2-4-14-46(42)54-49(43)32-40)38-22-16-33(17-23-38)35-20-27-41-36(31-35)21-29-48-50(41)44-12-3-5-15-47(44)53-48/h2-32,37H,1H3. The van der Waals surface area contributed by atoms with Crippen molar-refractivity contribution in [2.24, 2.45) is 11.3 Å². The van der Waals surface area contributed by atoms with Gasteiger partial charge in [0.15, 0.2) is 0 Å². The minimum atomic E-state index is -0.0755. The Kier molecular flexibility index (Phi) is 6.74. The molecule has 0 saturated carbocycles. The minimum absolute atomic E-state index is 0.0755. The molecule has 0 N–H and O–H groups in total. The Morgan fingerprint density at radius 3 is 1.93 bits per heavy atom. The van der Waals surface area contributed by atoms with Gasteiger partial charge in [0.05, 0.1) is 0 Å². The predicted octanol–water partition coefficient (Wildman–Crippen LogP) is 14.5. The highest BCUT2D eigenvalue weighted by molar-refractivity contribution is 6.19. The van der Waals surface area contributed by atoms with Gasteiger partial charge in [0.2, 0.25) is 0 Å². The molecular formula is C51H35NO2. The Morgan fingerprint density at radius 1 is 0.481 bits per heavy atom. The summed E-state index contributed by atoms with van der Waals surface area (Å²) in [6.07, 6.45) is 15.7. The number of anilines is 3. The third-order valence-electron chi connectivity index (χ3n) is 11.6. The van der Waals surface area contributed by atoms with Crippen molar-refractivity contribution in [3.63, 3.8) is 0 Å². The molecule has 2 unspecified atom stereocenters. The molecule has 9 aromatic rings. The Balaban J connectivity index is 0.991. The van der Waals surface area contributed by atoms with Crippen LogP contribution in [0.1, 0.15) is 12.5 Å². The lowest BCUT2D eigenvalue weighted by atomic mass is 9.65. The first-order valence-corrected chi connectivity index (χ1v) is 18.6. The lowest BCUT2D eigenvalue weighted by Crippen LogP contribution is -2.27. The summed E-state index contributed by atoms with van der Waals surface area (Å²) in [5.74, 6) is 0.349. The molecule has 2 heterocycles. The number of para-hydroxylation sites is 2. The molecule has 0 saturated heterocycles. The normalized spacial score (nSPS) is 17.9. The summed E-state index contributed by atoms with van der Waals surface area (Å²) in [4.78, 5) is 2.32. The van der Waals surface area contributed by atoms with Crippen molar-refractivity contribution in [1.82, 2.24) is 0 Å². The summed E-state index contributed by atoms with van der Waals surface area (Å²) < 4.78 is 12.5. The van der Waals surface area contributed by atoms with Crippen LogP contribution in [-0.2, 0) is 0 Å². The van der Waals surface area contributed by atoms with Crippen LogP contribution in [0.25, 0.3) is 71.3 Å². The van der Waals surface area contributed by atoms with Gasteiger partial charge in [-0.15, -0.1) is 0 Å². The van der Waals surface area contributed by atoms with Gasteiger partial charge >= 0.3 is 0 Å². The quantitative estimate of drug-likeness (QED) is 0.180. The first-order valence-electron chi connectivity index (χ1n) is 18.6. The maximum atomic E-state index is 6.37. The van der Waals surface area contributed by atoms with E-state index in [0.29, 0.717) is 5.92 Å². The van der Waals surface area contributed by atoms with Gasteiger partial charge in [0, 0.05) is 56.0 Å². The molecule has 0 radical (unpaired) electrons. The second kappa shape index (κ2) is 11.8. The lowest BCUT2D eigenvalue weighted by Gasteiger charge is -2.38. The van der Waals surface area contributed by atoms with Crippen molar-refractivity contribution in [3.05, 3.63) is 194 Å². The van der Waals surface area contributed by atoms with Gasteiger partial charge in [-0.3, -0.25) is 0 Å². The Labute approximate surface area is 313 Å². The van der Waals surface area contributed by atoms with E-state index in [2.05, 4.69) is 176 Å². The molecule has 54 heavy (non-hydrogen) atoms. The lowest BCUT2D eigenvalue weighted by molar-refractivity contribution is 0.471. The van der Waals surface area contributed by atoms with Gasteiger partial charge < -0.3 is 13.7 Å². The monoisotopic (exact) mass is 693 g/mol. The molecule has 0 amide bonds. The van der Waals surface area contributed by atoms with Crippen LogP contribution in [0.2, 0.25) is 0 Å². The molecular weight excluding hydrogens is 659 g/mol. The topological polar surface area (TPSA) is 29.5 Å². The van der Waals surface area contributed by atoms with E-state index < -0.39 is 0 Å². The van der Waals surface area contributed by atoms with E-state index in [4.69, 9.17) is 8.83 Å². The molecule has 0 aliphatic heterocycles. The summed E-state index contributed by atoms with van der Waals surface area (Å²) in [5, 5.41) is 6.97. The molecule has 0 bridgehead atoms. The van der Waals surface area contributed by atoms with Crippen molar-refractivity contribution in [3.8, 4) is 11.1 Å². The maximum Gasteiger partial charge on any atom is 0.137 e. The molecule has 7 aromatic carbocycles. The zero-order valence-electron chi connectivity index (χ0n) is 29.7. The van der Waals surface area contributed by atoms with Crippen LogP contribution in [0.3, 0.4) is 0 Å². The number of furan rings is 2. The summed E-state index contributed by atoms with van der Waals surface area (Å²) in [5.41, 5.74) is 11.6. The van der Waals surface area contributed by atoms with Crippen LogP contribution in [0.15, 0.2) is 197 Å². The second-order valence-corrected chi connectivity index (χ2v) is 14.7. The smallest absolute Gasteiger partial charge is 0.137 e. The van der Waals surface area contributed by atoms with E-state index in [1.807, 2.05) is 24.3 Å². The molecule has 3 heteroatoms. The van der Waals surface area contributed by atoms with E-state index in [-0.39, 0.29) is 5.41 Å². The van der Waals surface area contributed by atoms with Gasteiger partial charge in [-0.25, -0.2) is 0 Å². The molecule has 256 valence electrons. The highest BCUT2D eigenvalue weighted by Crippen LogP contribution is 2.48. The van der Waals surface area contributed by atoms with Crippen LogP contribution in [0.5, 0.6) is 0 Å². The second-order valence-electron chi connectivity index (χ2n) is 14.7. The number of benzene rings is 7. The van der Waals surface area contributed by atoms with Crippen molar-refractivity contribution in [2.45, 2.75) is 6.92 Å². The van der Waals surface area contributed by atoms with Crippen molar-refractivity contribution in [1.29, 1.82) is 0 Å². The summed E-state index contributed by atoms with van der Waals surface area (Å²) in [6.45, 7) is 2.34. The summed E-state index contributed by atoms with van der Waals surface area (Å²) in [6, 6.07) is 52.0. The average molecular weight is 694 g/mol. The number of allylic oxidation sites excluding steroid dienone is 8. The third kappa shape index (κ3) is 4.75. The van der Waals surface area contributed by atoms with E-state index in [1.54, 1.807) is 0 Å². The first kappa shape index (κ1) is 30.8. The third-order valence-corrected chi connectivity index (χ3v) is 11.6. The fraction of sp³-hybridized carbons (Fsp3) is 0.0588. The largest absolute Gasteiger partial charge is 0.456 e. The number of hydrogen-bond donors (Lipinski definition) is 0. The molecule has 2 aliphatic rings. The van der Waals surface area contributed by atoms with Crippen LogP contribution in [-0.4, -0.2) is 0 Å². The zero-order valence-corrected chi connectivity index (χ0v) is 29.7. The van der Waals surface area contributed by atoms with E-state index >= 15 is 0 Å². The van der Waals surface area contributed by atoms with Crippen molar-refractivity contribution >= 4 is 77.3 Å². The zero-order chi connectivity index (χ0) is 35.8. The molecule has 3 nitrogen and oxygen atoms in total. The maximum absolute atomic E-state index is 6.37. The van der Waals surface area contributed by atoms with Gasteiger partial charge in [-0.1, -0.05) is 128 Å². The molecule has 2 atom stereocenters. The van der Waals surface area contributed by atoms with Gasteiger partial charge in [-0.05, 0) is 93.7 Å². The Bertz CT molecular complexity index is 3060. The van der Waals surface area contributed by atoms with Gasteiger partial charge in [-0.2, -0.15) is 0 Å². The van der Waals surface area contributed by atoms with E-state index in [9.17, 15) is 0 Å². The van der Waals surface area contributed by atoms with Crippen LogP contribution >= 0.6 is 0 Å². The van der Waals surface area contributed by atoms with Crippen molar-refractivity contribution < 1.29 is 8.83 Å². The molecule has 0 fully saturated rings. The average Bonchev–Trinajstić information content (AvgIpc) is 3.79. The number of hydrogen-bond acceptors (Lipinski definition) is 3. The molecule has 2 aromatic heterocycles.